The lowest BCUT2D eigenvalue weighted by Crippen LogP contribution is -2.22. The Labute approximate surface area is 161 Å². The zero-order chi connectivity index (χ0) is 18.9. The van der Waals surface area contributed by atoms with Crippen LogP contribution in [0.1, 0.15) is 51.5 Å². The highest BCUT2D eigenvalue weighted by Crippen LogP contribution is 2.66. The van der Waals surface area contributed by atoms with E-state index < -0.39 is 0 Å². The SMILES string of the molecule is CCCOc1ccc2ccccc2c1/C=N\NC(=O)[C@@H]1[C@@H]2CCCC[C@@]12C. The van der Waals surface area contributed by atoms with Crippen molar-refractivity contribution in [3.05, 3.63) is 42.0 Å². The van der Waals surface area contributed by atoms with E-state index in [0.29, 0.717) is 12.5 Å². The van der Waals surface area contributed by atoms with Gasteiger partial charge in [0, 0.05) is 11.5 Å². The molecular formula is C23H28N2O2. The van der Waals surface area contributed by atoms with Crippen molar-refractivity contribution < 1.29 is 9.53 Å². The molecule has 0 saturated heterocycles. The lowest BCUT2D eigenvalue weighted by Gasteiger charge is -2.15. The number of rotatable bonds is 6. The number of hydrogen-bond acceptors (Lipinski definition) is 3. The molecule has 4 nitrogen and oxygen atoms in total. The summed E-state index contributed by atoms with van der Waals surface area (Å²) < 4.78 is 5.90. The van der Waals surface area contributed by atoms with Crippen molar-refractivity contribution in [2.24, 2.45) is 22.4 Å². The highest BCUT2D eigenvalue weighted by Gasteiger charge is 2.64. The molecule has 4 rings (SSSR count). The minimum absolute atomic E-state index is 0.0666. The van der Waals surface area contributed by atoms with Gasteiger partial charge in [-0.05, 0) is 47.4 Å². The van der Waals surface area contributed by atoms with E-state index in [1.165, 1.54) is 19.3 Å². The molecule has 2 aliphatic rings. The molecule has 4 heteroatoms. The van der Waals surface area contributed by atoms with E-state index in [0.717, 1.165) is 34.9 Å². The molecule has 27 heavy (non-hydrogen) atoms. The van der Waals surface area contributed by atoms with Gasteiger partial charge in [0.05, 0.1) is 12.8 Å². The number of ether oxygens (including phenoxy) is 1. The number of benzene rings is 2. The third-order valence-electron chi connectivity index (χ3n) is 6.37. The van der Waals surface area contributed by atoms with Gasteiger partial charge in [0.1, 0.15) is 5.75 Å². The predicted octanol–water partition coefficient (Wildman–Crippen LogP) is 4.91. The third kappa shape index (κ3) is 3.33. The van der Waals surface area contributed by atoms with Crippen LogP contribution in [-0.2, 0) is 4.79 Å². The second kappa shape index (κ2) is 7.34. The van der Waals surface area contributed by atoms with Crippen LogP contribution in [-0.4, -0.2) is 18.7 Å². The van der Waals surface area contributed by atoms with Gasteiger partial charge in [-0.2, -0.15) is 5.10 Å². The van der Waals surface area contributed by atoms with Crippen molar-refractivity contribution in [1.29, 1.82) is 0 Å². The second-order valence-corrected chi connectivity index (χ2v) is 8.12. The summed E-state index contributed by atoms with van der Waals surface area (Å²) in [6.07, 6.45) is 7.52. The van der Waals surface area contributed by atoms with Gasteiger partial charge < -0.3 is 4.74 Å². The van der Waals surface area contributed by atoms with E-state index in [9.17, 15) is 4.79 Å². The van der Waals surface area contributed by atoms with E-state index in [1.807, 2.05) is 18.2 Å². The van der Waals surface area contributed by atoms with Crippen molar-refractivity contribution in [2.45, 2.75) is 46.0 Å². The third-order valence-corrected chi connectivity index (χ3v) is 6.37. The van der Waals surface area contributed by atoms with E-state index >= 15 is 0 Å². The number of carbonyl (C=O) groups excluding carboxylic acids is 1. The first-order chi connectivity index (χ1) is 13.1. The van der Waals surface area contributed by atoms with E-state index in [4.69, 9.17) is 4.74 Å². The molecule has 0 aliphatic heterocycles. The Morgan fingerprint density at radius 1 is 1.30 bits per heavy atom. The fourth-order valence-electron chi connectivity index (χ4n) is 4.83. The van der Waals surface area contributed by atoms with Crippen LogP contribution in [0.4, 0.5) is 0 Å². The predicted molar refractivity (Wildman–Crippen MR) is 109 cm³/mol. The molecule has 1 amide bonds. The standard InChI is InChI=1S/C23H28N2O2/c1-3-14-27-20-12-11-16-8-4-5-9-17(16)18(20)15-24-25-22(26)21-19-10-6-7-13-23(19,21)2/h4-5,8-9,11-12,15,19,21H,3,6-7,10,13-14H2,1-2H3,(H,25,26)/b24-15-/t19-,21-,23+/m0/s1. The van der Waals surface area contributed by atoms with Gasteiger partial charge in [-0.15, -0.1) is 0 Å². The smallest absolute Gasteiger partial charge is 0.244 e. The molecule has 2 aromatic carbocycles. The minimum Gasteiger partial charge on any atom is -0.493 e. The highest BCUT2D eigenvalue weighted by atomic mass is 16.5. The van der Waals surface area contributed by atoms with Gasteiger partial charge in [0.2, 0.25) is 5.91 Å². The minimum atomic E-state index is 0.0666. The fourth-order valence-corrected chi connectivity index (χ4v) is 4.83. The Morgan fingerprint density at radius 2 is 2.15 bits per heavy atom. The summed E-state index contributed by atoms with van der Waals surface area (Å²) in [6, 6.07) is 12.2. The largest absolute Gasteiger partial charge is 0.493 e. The van der Waals surface area contributed by atoms with Gasteiger partial charge >= 0.3 is 0 Å². The molecule has 2 aromatic rings. The van der Waals surface area contributed by atoms with Crippen LogP contribution in [0.25, 0.3) is 10.8 Å². The van der Waals surface area contributed by atoms with Crippen LogP contribution < -0.4 is 10.2 Å². The van der Waals surface area contributed by atoms with E-state index in [-0.39, 0.29) is 17.2 Å². The fraction of sp³-hybridized carbons (Fsp3) is 0.478. The Hall–Kier alpha value is -2.36. The van der Waals surface area contributed by atoms with Gasteiger partial charge in [-0.3, -0.25) is 4.79 Å². The number of hydrazone groups is 1. The van der Waals surface area contributed by atoms with Crippen LogP contribution in [0, 0.1) is 17.3 Å². The first kappa shape index (κ1) is 18.0. The molecule has 3 atom stereocenters. The molecule has 0 unspecified atom stereocenters. The van der Waals surface area contributed by atoms with Crippen molar-refractivity contribution in [1.82, 2.24) is 5.43 Å². The summed E-state index contributed by atoms with van der Waals surface area (Å²) in [4.78, 5) is 12.6. The first-order valence-electron chi connectivity index (χ1n) is 10.1. The van der Waals surface area contributed by atoms with Crippen LogP contribution in [0.5, 0.6) is 5.75 Å². The topological polar surface area (TPSA) is 50.7 Å². The van der Waals surface area contributed by atoms with E-state index in [1.54, 1.807) is 6.21 Å². The van der Waals surface area contributed by atoms with E-state index in [2.05, 4.69) is 42.6 Å². The van der Waals surface area contributed by atoms with Crippen LogP contribution in [0.2, 0.25) is 0 Å². The summed E-state index contributed by atoms with van der Waals surface area (Å²) in [5.74, 6) is 1.54. The van der Waals surface area contributed by atoms with Crippen LogP contribution in [0.3, 0.4) is 0 Å². The summed E-state index contributed by atoms with van der Waals surface area (Å²) in [7, 11) is 0. The molecule has 0 radical (unpaired) electrons. The zero-order valence-electron chi connectivity index (χ0n) is 16.2. The quantitative estimate of drug-likeness (QED) is 0.585. The number of nitrogens with zero attached hydrogens (tertiary/aromatic N) is 1. The van der Waals surface area contributed by atoms with Crippen molar-refractivity contribution in [3.8, 4) is 5.75 Å². The van der Waals surface area contributed by atoms with Gasteiger partial charge in [-0.1, -0.05) is 57.0 Å². The number of amides is 1. The maximum absolute atomic E-state index is 12.6. The molecule has 0 bridgehead atoms. The molecule has 0 aromatic heterocycles. The molecule has 2 fully saturated rings. The lowest BCUT2D eigenvalue weighted by atomic mass is 9.90. The van der Waals surface area contributed by atoms with Gasteiger partial charge in [0.15, 0.2) is 0 Å². The number of nitrogens with one attached hydrogen (secondary N) is 1. The normalized spacial score (nSPS) is 26.7. The maximum Gasteiger partial charge on any atom is 0.244 e. The average Bonchev–Trinajstić information content (AvgIpc) is 3.32. The summed E-state index contributed by atoms with van der Waals surface area (Å²) in [5.41, 5.74) is 3.92. The van der Waals surface area contributed by atoms with Crippen LogP contribution >= 0.6 is 0 Å². The summed E-state index contributed by atoms with van der Waals surface area (Å²) in [6.45, 7) is 5.00. The summed E-state index contributed by atoms with van der Waals surface area (Å²) >= 11 is 0. The maximum atomic E-state index is 12.6. The second-order valence-electron chi connectivity index (χ2n) is 8.12. The Kier molecular flexibility index (Phi) is 4.90. The highest BCUT2D eigenvalue weighted by molar-refractivity contribution is 6.02. The summed E-state index contributed by atoms with van der Waals surface area (Å²) in [5, 5.41) is 6.52. The van der Waals surface area contributed by atoms with Crippen molar-refractivity contribution in [2.75, 3.05) is 6.61 Å². The monoisotopic (exact) mass is 364 g/mol. The van der Waals surface area contributed by atoms with Gasteiger partial charge in [-0.25, -0.2) is 5.43 Å². The zero-order valence-corrected chi connectivity index (χ0v) is 16.2. The molecule has 1 N–H and O–H groups in total. The molecule has 2 saturated carbocycles. The number of carbonyl (C=O) groups is 1. The van der Waals surface area contributed by atoms with Crippen molar-refractivity contribution in [3.63, 3.8) is 0 Å². The van der Waals surface area contributed by atoms with Crippen LogP contribution in [0.15, 0.2) is 41.5 Å². The lowest BCUT2D eigenvalue weighted by molar-refractivity contribution is -0.123. The molecule has 2 aliphatic carbocycles. The molecule has 142 valence electrons. The number of hydrogen-bond donors (Lipinski definition) is 1. The Morgan fingerprint density at radius 3 is 2.93 bits per heavy atom. The molecular weight excluding hydrogens is 336 g/mol. The number of fused-ring (bicyclic) bond motifs is 2. The first-order valence-corrected chi connectivity index (χ1v) is 10.1. The molecule has 0 spiro atoms. The Bertz CT molecular complexity index is 876. The average molecular weight is 364 g/mol. The molecule has 0 heterocycles. The van der Waals surface area contributed by atoms with Crippen molar-refractivity contribution >= 4 is 22.9 Å². The van der Waals surface area contributed by atoms with Gasteiger partial charge in [0.25, 0.3) is 0 Å². The Balaban J connectivity index is 1.53.